The number of ketones is 8. The van der Waals surface area contributed by atoms with Gasteiger partial charge in [0.2, 0.25) is 0 Å². The number of carbonyl (C=O) groups is 8. The van der Waals surface area contributed by atoms with E-state index in [4.69, 9.17) is 0 Å². The smallest absolute Gasteiger partial charge is 0.193 e. The predicted octanol–water partition coefficient (Wildman–Crippen LogP) is 21.0. The maximum absolute atomic E-state index is 15.5. The van der Waals surface area contributed by atoms with Crippen molar-refractivity contribution in [2.24, 2.45) is 51.2 Å². The number of carbonyl (C=O) groups excluding carboxylic acids is 8. The first-order chi connectivity index (χ1) is 49.4. The minimum atomic E-state index is -0.519. The minimum absolute atomic E-state index is 0.0538. The molecule has 4 saturated carbocycles. The van der Waals surface area contributed by atoms with Crippen molar-refractivity contribution in [3.63, 3.8) is 0 Å². The van der Waals surface area contributed by atoms with E-state index >= 15 is 33.6 Å². The van der Waals surface area contributed by atoms with Gasteiger partial charge in [-0.05, 0) is 312 Å². The third-order valence-electron chi connectivity index (χ3n) is 24.5. The molecule has 8 nitrogen and oxygen atoms in total. The first-order valence-corrected chi connectivity index (χ1v) is 39.0. The van der Waals surface area contributed by atoms with Crippen molar-refractivity contribution < 1.29 is 38.4 Å². The van der Waals surface area contributed by atoms with Gasteiger partial charge in [0.25, 0.3) is 0 Å². The number of rotatable bonds is 7. The molecule has 0 spiro atoms. The van der Waals surface area contributed by atoms with Crippen LogP contribution in [0.2, 0.25) is 0 Å². The lowest BCUT2D eigenvalue weighted by Crippen LogP contribution is -2.26. The minimum Gasteiger partial charge on any atom is -0.289 e. The second-order valence-electron chi connectivity index (χ2n) is 35.8. The van der Waals surface area contributed by atoms with Crippen LogP contribution in [0.25, 0.3) is 0 Å². The highest BCUT2D eigenvalue weighted by atomic mass is 16.2. The van der Waals surface area contributed by atoms with E-state index in [0.717, 1.165) is 167 Å². The Bertz CT molecular complexity index is 4690. The van der Waals surface area contributed by atoms with Crippen LogP contribution < -0.4 is 0 Å². The Morgan fingerprint density at radius 1 is 0.212 bits per heavy atom. The monoisotopic (exact) mass is 1380 g/mol. The third-order valence-corrected chi connectivity index (χ3v) is 24.5. The van der Waals surface area contributed by atoms with Crippen LogP contribution >= 0.6 is 0 Å². The molecule has 0 amide bonds. The summed E-state index contributed by atoms with van der Waals surface area (Å²) in [6, 6.07) is 0. The van der Waals surface area contributed by atoms with E-state index in [9.17, 15) is 4.79 Å². The van der Waals surface area contributed by atoms with Crippen molar-refractivity contribution in [2.45, 2.75) is 205 Å². The van der Waals surface area contributed by atoms with Gasteiger partial charge >= 0.3 is 0 Å². The van der Waals surface area contributed by atoms with Gasteiger partial charge in [0, 0.05) is 89.2 Å². The molecule has 0 unspecified atom stereocenters. The summed E-state index contributed by atoms with van der Waals surface area (Å²) >= 11 is 0. The van der Waals surface area contributed by atoms with Gasteiger partial charge in [-0.15, -0.1) is 0 Å². The fourth-order valence-electron chi connectivity index (χ4n) is 18.0. The maximum atomic E-state index is 15.5. The number of fused-ring (bicyclic) bond motifs is 16. The van der Waals surface area contributed by atoms with Crippen LogP contribution in [0.4, 0.5) is 0 Å². The Hall–Kier alpha value is -8.88. The molecule has 0 aliphatic heterocycles. The normalized spacial score (nSPS) is 25.2. The van der Waals surface area contributed by atoms with Crippen molar-refractivity contribution in [2.75, 3.05) is 0 Å². The third kappa shape index (κ3) is 14.9. The van der Waals surface area contributed by atoms with Gasteiger partial charge < -0.3 is 0 Å². The van der Waals surface area contributed by atoms with Crippen LogP contribution in [-0.2, 0) is 38.4 Å². The Morgan fingerprint density at radius 3 is 0.644 bits per heavy atom. The lowest BCUT2D eigenvalue weighted by Gasteiger charge is -2.37. The Kier molecular flexibility index (Phi) is 19.5. The highest BCUT2D eigenvalue weighted by molar-refractivity contribution is 6.25. The number of hydrogen-bond donors (Lipinski definition) is 0. The lowest BCUT2D eigenvalue weighted by molar-refractivity contribution is -0.113. The maximum Gasteiger partial charge on any atom is 0.193 e. The summed E-state index contributed by atoms with van der Waals surface area (Å²) in [6.07, 6.45) is 65.4. The summed E-state index contributed by atoms with van der Waals surface area (Å²) in [5.41, 5.74) is 12.1. The van der Waals surface area contributed by atoms with Crippen LogP contribution in [-0.4, -0.2) is 46.3 Å². The highest BCUT2D eigenvalue weighted by Gasteiger charge is 2.39. The molecule has 0 atom stereocenters. The molecule has 0 N–H and O–H groups in total. The molecule has 0 aromatic rings. The molecule has 14 aliphatic carbocycles. The van der Waals surface area contributed by atoms with E-state index in [2.05, 4.69) is 76.2 Å². The predicted molar refractivity (Wildman–Crippen MR) is 416 cm³/mol. The van der Waals surface area contributed by atoms with Gasteiger partial charge in [0.1, 0.15) is 0 Å². The molecular weight excluding hydrogens is 1280 g/mol. The van der Waals surface area contributed by atoms with Crippen LogP contribution in [0, 0.1) is 51.2 Å². The summed E-state index contributed by atoms with van der Waals surface area (Å²) < 4.78 is 0. The molecule has 14 aliphatic rings. The second-order valence-corrected chi connectivity index (χ2v) is 35.8. The SMILES string of the molecule is CC(C)(C)C1=CC2=CC3=CC(C(C)(C)C)=CC(=CC4=CC(C(C)(C)CC5CCC(C6=CC7=CC8=CC(C9CCCCC9)=CC(=CC9=CC(C%10CCCCC%10)=CC(=CC%10=CC(C%11CCCCC%11)=CC(=CC(=C6)C7=O)C%10=O)C9=O)C8=O)CC5)=CC(=CC5=CC(C(C)(C)C)=CC(=CC(=C1)C2=O)C5=O)C4=O)C3=O. The topological polar surface area (TPSA) is 137 Å². The lowest BCUT2D eigenvalue weighted by atomic mass is 9.68. The van der Waals surface area contributed by atoms with Gasteiger partial charge in [0.05, 0.1) is 0 Å². The summed E-state index contributed by atoms with van der Waals surface area (Å²) in [6.45, 7) is 23.2. The molecule has 104 heavy (non-hydrogen) atoms. The van der Waals surface area contributed by atoms with E-state index in [-0.39, 0.29) is 81.3 Å². The molecule has 0 heterocycles. The highest BCUT2D eigenvalue weighted by Crippen LogP contribution is 2.48. The molecule has 16 bridgehead atoms. The van der Waals surface area contributed by atoms with E-state index in [1.807, 2.05) is 97.2 Å². The van der Waals surface area contributed by atoms with E-state index in [1.54, 1.807) is 48.6 Å². The molecule has 534 valence electrons. The van der Waals surface area contributed by atoms with Crippen molar-refractivity contribution in [3.8, 4) is 0 Å². The fraction of sp³-hybridized carbons (Fsp3) is 0.417. The number of allylic oxidation sites excluding steroid dienone is 48. The molecule has 0 aromatic carbocycles. The fourth-order valence-corrected chi connectivity index (χ4v) is 18.0. The van der Waals surface area contributed by atoms with E-state index in [0.29, 0.717) is 89.2 Å². The molecule has 0 radical (unpaired) electrons. The first kappa shape index (κ1) is 72.1. The Morgan fingerprint density at radius 2 is 0.404 bits per heavy atom. The zero-order valence-corrected chi connectivity index (χ0v) is 63.2. The summed E-state index contributed by atoms with van der Waals surface area (Å²) in [5, 5.41) is 0. The summed E-state index contributed by atoms with van der Waals surface area (Å²) in [7, 11) is 0. The number of hydrogen-bond acceptors (Lipinski definition) is 8. The largest absolute Gasteiger partial charge is 0.289 e. The van der Waals surface area contributed by atoms with Gasteiger partial charge in [-0.1, -0.05) is 134 Å². The zero-order chi connectivity index (χ0) is 73.5. The van der Waals surface area contributed by atoms with E-state index < -0.39 is 16.2 Å². The van der Waals surface area contributed by atoms with Gasteiger partial charge in [-0.25, -0.2) is 0 Å². The molecule has 0 saturated heterocycles. The van der Waals surface area contributed by atoms with Crippen molar-refractivity contribution >= 4 is 46.3 Å². The molecule has 8 heteroatoms. The van der Waals surface area contributed by atoms with Crippen LogP contribution in [0.1, 0.15) is 205 Å². The van der Waals surface area contributed by atoms with Gasteiger partial charge in [0.15, 0.2) is 46.3 Å². The van der Waals surface area contributed by atoms with E-state index in [1.165, 1.54) is 6.42 Å². The van der Waals surface area contributed by atoms with Gasteiger partial charge in [-0.2, -0.15) is 0 Å². The standard InChI is InChI=1S/C96H102O8/c1-93(2,3)81-47-73-43-75-49-82(94(4,5)6)51-77(90(75)102)45-79-53-84(54-80(92(79)104)46-78-52-83(95(7,8)9)50-76(91(78)103)44-74(48-81)89(73)101)96(10,11)55-56-27-29-60(30-28-56)64-37-71-41-69-35-62(58-23-17-13-18-24-58)33-67(86(69)98)39-65-31-61(57-21-15-12-16-22-57)32-66(85(65)97)40-68-34-63(59-25-19-14-20-26-59)36-70(87(68)99)42-72(38-64)88(71)100/h31-54,56-60H,12-30,55H2,1-11H3. The summed E-state index contributed by atoms with van der Waals surface area (Å²) in [4.78, 5) is 121. The van der Waals surface area contributed by atoms with Crippen LogP contribution in [0.3, 0.4) is 0 Å². The summed E-state index contributed by atoms with van der Waals surface area (Å²) in [5.74, 6) is -1.03. The number of Topliss-reactive ketones (excluding diaryl/α,β-unsaturated/α-hetero) is 8. The van der Waals surface area contributed by atoms with Gasteiger partial charge in [-0.3, -0.25) is 38.4 Å². The Balaban J connectivity index is 0.825. The first-order valence-electron chi connectivity index (χ1n) is 39.0. The Labute approximate surface area is 616 Å². The average molecular weight is 1380 g/mol. The average Bonchev–Trinajstić information content (AvgIpc) is 0.770. The quantitative estimate of drug-likeness (QED) is 0.246. The van der Waals surface area contributed by atoms with Crippen LogP contribution in [0.5, 0.6) is 0 Å². The molecule has 0 aromatic heterocycles. The molecule has 4 fully saturated rings. The van der Waals surface area contributed by atoms with Crippen LogP contribution in [0.15, 0.2) is 280 Å². The van der Waals surface area contributed by atoms with Crippen molar-refractivity contribution in [1.29, 1.82) is 0 Å². The molecular formula is C96H102O8. The zero-order valence-electron chi connectivity index (χ0n) is 63.2. The van der Waals surface area contributed by atoms with Crippen molar-refractivity contribution in [3.05, 3.63) is 280 Å². The van der Waals surface area contributed by atoms with Crippen molar-refractivity contribution in [1.82, 2.24) is 0 Å². The second kappa shape index (κ2) is 28.2. The molecule has 14 rings (SSSR count).